The zero-order valence-electron chi connectivity index (χ0n) is 28.5. The lowest BCUT2D eigenvalue weighted by molar-refractivity contribution is 0.669. The van der Waals surface area contributed by atoms with E-state index in [-0.39, 0.29) is 0 Å². The Bertz CT molecular complexity index is 2850. The molecule has 0 N–H and O–H groups in total. The molecular formula is C49H30ClNOS. The number of hydrogen-bond acceptors (Lipinski definition) is 3. The third-order valence-electron chi connectivity index (χ3n) is 11.0. The van der Waals surface area contributed by atoms with Crippen LogP contribution in [0.2, 0.25) is 5.02 Å². The van der Waals surface area contributed by atoms with Crippen molar-refractivity contribution in [3.05, 3.63) is 209 Å². The Morgan fingerprint density at radius 2 is 1.13 bits per heavy atom. The number of furan rings is 1. The molecule has 1 aliphatic heterocycles. The van der Waals surface area contributed by atoms with Crippen LogP contribution in [-0.4, -0.2) is 0 Å². The van der Waals surface area contributed by atoms with Crippen molar-refractivity contribution in [1.82, 2.24) is 0 Å². The van der Waals surface area contributed by atoms with Crippen molar-refractivity contribution >= 4 is 62.4 Å². The molecule has 1 aromatic heterocycles. The van der Waals surface area contributed by atoms with Crippen molar-refractivity contribution in [2.45, 2.75) is 15.2 Å². The Morgan fingerprint density at radius 1 is 0.453 bits per heavy atom. The van der Waals surface area contributed by atoms with Gasteiger partial charge in [-0.15, -0.1) is 0 Å². The van der Waals surface area contributed by atoms with Gasteiger partial charge in [0.05, 0.1) is 11.1 Å². The van der Waals surface area contributed by atoms with Gasteiger partial charge in [-0.25, -0.2) is 0 Å². The van der Waals surface area contributed by atoms with E-state index in [0.717, 1.165) is 55.2 Å². The molecule has 0 unspecified atom stereocenters. The predicted molar refractivity (Wildman–Crippen MR) is 220 cm³/mol. The smallest absolute Gasteiger partial charge is 0.138 e. The van der Waals surface area contributed by atoms with Crippen molar-refractivity contribution in [2.24, 2.45) is 0 Å². The molecule has 8 aromatic carbocycles. The summed E-state index contributed by atoms with van der Waals surface area (Å²) in [4.78, 5) is 4.79. The second kappa shape index (κ2) is 11.8. The Balaban J connectivity index is 1.21. The zero-order valence-corrected chi connectivity index (χ0v) is 30.0. The van der Waals surface area contributed by atoms with Crippen molar-refractivity contribution in [3.8, 4) is 22.3 Å². The van der Waals surface area contributed by atoms with E-state index in [9.17, 15) is 0 Å². The lowest BCUT2D eigenvalue weighted by Gasteiger charge is -2.40. The molecule has 250 valence electrons. The minimum atomic E-state index is -0.524. The summed E-state index contributed by atoms with van der Waals surface area (Å²) < 4.78 is 6.63. The first kappa shape index (κ1) is 30.6. The van der Waals surface area contributed by atoms with E-state index in [1.165, 1.54) is 43.2 Å². The van der Waals surface area contributed by atoms with E-state index in [4.69, 9.17) is 16.0 Å². The quantitative estimate of drug-likeness (QED) is 0.180. The van der Waals surface area contributed by atoms with Gasteiger partial charge in [-0.05, 0) is 99.1 Å². The molecule has 9 aromatic rings. The van der Waals surface area contributed by atoms with Crippen LogP contribution in [0.25, 0.3) is 44.2 Å². The minimum absolute atomic E-state index is 0.524. The number of rotatable bonds is 4. The third kappa shape index (κ3) is 4.48. The first-order valence-electron chi connectivity index (χ1n) is 17.9. The number of hydrogen-bond donors (Lipinski definition) is 0. The molecule has 1 spiro atoms. The van der Waals surface area contributed by atoms with E-state index >= 15 is 0 Å². The molecule has 0 radical (unpaired) electrons. The normalized spacial score (nSPS) is 13.5. The molecule has 2 aliphatic rings. The average molecular weight is 716 g/mol. The Kier molecular flexibility index (Phi) is 6.79. The van der Waals surface area contributed by atoms with Gasteiger partial charge in [-0.2, -0.15) is 0 Å². The van der Waals surface area contributed by atoms with Crippen LogP contribution in [0.3, 0.4) is 0 Å². The molecule has 0 saturated heterocycles. The molecule has 0 saturated carbocycles. The molecule has 1 aliphatic carbocycles. The highest BCUT2D eigenvalue weighted by Gasteiger charge is 2.50. The fourth-order valence-electron chi connectivity index (χ4n) is 8.85. The van der Waals surface area contributed by atoms with Gasteiger partial charge in [0.25, 0.3) is 0 Å². The lowest BCUT2D eigenvalue weighted by atomic mass is 9.67. The zero-order chi connectivity index (χ0) is 35.1. The number of benzene rings is 8. The second-order valence-electron chi connectivity index (χ2n) is 13.8. The van der Waals surface area contributed by atoms with Crippen molar-refractivity contribution in [3.63, 3.8) is 0 Å². The Hall–Kier alpha value is -6.00. The topological polar surface area (TPSA) is 16.4 Å². The summed E-state index contributed by atoms with van der Waals surface area (Å²) in [5.41, 5.74) is 14.3. The number of anilines is 3. The van der Waals surface area contributed by atoms with E-state index in [0.29, 0.717) is 0 Å². The van der Waals surface area contributed by atoms with Gasteiger partial charge in [-0.3, -0.25) is 0 Å². The maximum absolute atomic E-state index is 6.70. The molecule has 2 heterocycles. The van der Waals surface area contributed by atoms with Crippen LogP contribution in [0.4, 0.5) is 17.1 Å². The third-order valence-corrected chi connectivity index (χ3v) is 12.3. The van der Waals surface area contributed by atoms with Gasteiger partial charge in [0, 0.05) is 43.0 Å². The van der Waals surface area contributed by atoms with E-state index in [1.54, 1.807) is 11.8 Å². The maximum Gasteiger partial charge on any atom is 0.138 e. The van der Waals surface area contributed by atoms with Crippen molar-refractivity contribution in [2.75, 3.05) is 4.90 Å². The molecule has 53 heavy (non-hydrogen) atoms. The summed E-state index contributed by atoms with van der Waals surface area (Å²) >= 11 is 8.50. The van der Waals surface area contributed by atoms with Crippen LogP contribution < -0.4 is 4.90 Å². The summed E-state index contributed by atoms with van der Waals surface area (Å²) in [7, 11) is 0. The van der Waals surface area contributed by atoms with Crippen LogP contribution in [0.1, 0.15) is 22.3 Å². The second-order valence-corrected chi connectivity index (χ2v) is 15.3. The van der Waals surface area contributed by atoms with Gasteiger partial charge in [0.15, 0.2) is 0 Å². The summed E-state index contributed by atoms with van der Waals surface area (Å²) in [6.45, 7) is 0. The Morgan fingerprint density at radius 3 is 1.91 bits per heavy atom. The molecule has 2 nitrogen and oxygen atoms in total. The monoisotopic (exact) mass is 715 g/mol. The highest BCUT2D eigenvalue weighted by molar-refractivity contribution is 7.99. The highest BCUT2D eigenvalue weighted by Crippen LogP contribution is 2.63. The minimum Gasteiger partial charge on any atom is -0.456 e. The van der Waals surface area contributed by atoms with Crippen LogP contribution in [0, 0.1) is 0 Å². The molecule has 0 atom stereocenters. The van der Waals surface area contributed by atoms with Crippen LogP contribution in [-0.2, 0) is 5.41 Å². The van der Waals surface area contributed by atoms with Crippen LogP contribution >= 0.6 is 23.4 Å². The van der Waals surface area contributed by atoms with Gasteiger partial charge >= 0.3 is 0 Å². The fraction of sp³-hybridized carbons (Fsp3) is 0.0204. The van der Waals surface area contributed by atoms with Crippen molar-refractivity contribution < 1.29 is 4.42 Å². The SMILES string of the molecule is Clc1ccc2c(c1)Sc1ccc(N(c3ccccc3)c3cc(-c4ccccc4)c4c(c3)oc3ccccc34)cc1C21c2ccccc2-c2ccccc21. The predicted octanol–water partition coefficient (Wildman–Crippen LogP) is 14.2. The summed E-state index contributed by atoms with van der Waals surface area (Å²) in [5, 5.41) is 2.99. The van der Waals surface area contributed by atoms with E-state index < -0.39 is 5.41 Å². The van der Waals surface area contributed by atoms with Gasteiger partial charge in [0.1, 0.15) is 11.2 Å². The average Bonchev–Trinajstić information content (AvgIpc) is 3.73. The van der Waals surface area contributed by atoms with Gasteiger partial charge in [0.2, 0.25) is 0 Å². The molecule has 0 bridgehead atoms. The summed E-state index contributed by atoms with van der Waals surface area (Å²) in [6, 6.07) is 65.5. The molecule has 11 rings (SSSR count). The van der Waals surface area contributed by atoms with Gasteiger partial charge in [-0.1, -0.05) is 145 Å². The van der Waals surface area contributed by atoms with Crippen molar-refractivity contribution in [1.29, 1.82) is 0 Å². The number of fused-ring (bicyclic) bond motifs is 12. The van der Waals surface area contributed by atoms with E-state index in [2.05, 4.69) is 175 Å². The van der Waals surface area contributed by atoms with Gasteiger partial charge < -0.3 is 9.32 Å². The number of nitrogens with zero attached hydrogens (tertiary/aromatic N) is 1. The summed E-state index contributed by atoms with van der Waals surface area (Å²) in [5.74, 6) is 0. The maximum atomic E-state index is 6.70. The largest absolute Gasteiger partial charge is 0.456 e. The highest BCUT2D eigenvalue weighted by atomic mass is 35.5. The Labute approximate surface area is 316 Å². The molecule has 0 amide bonds. The molecular weight excluding hydrogens is 686 g/mol. The number of halogens is 1. The lowest BCUT2D eigenvalue weighted by Crippen LogP contribution is -2.32. The molecule has 4 heteroatoms. The molecule has 0 fully saturated rings. The first-order valence-corrected chi connectivity index (χ1v) is 19.1. The number of para-hydroxylation sites is 2. The first-order chi connectivity index (χ1) is 26.2. The fourth-order valence-corrected chi connectivity index (χ4v) is 10.3. The van der Waals surface area contributed by atoms with Crippen LogP contribution in [0.5, 0.6) is 0 Å². The summed E-state index contributed by atoms with van der Waals surface area (Å²) in [6.07, 6.45) is 0. The standard InChI is InChI=1S/C49H30ClNOS/c50-32-23-25-42-47(27-32)53-46-26-24-34(29-43(46)49(42)40-20-10-7-17-36(40)37-18-8-11-21-41(37)49)51(33-15-5-2-6-16-33)35-28-39(31-13-3-1-4-14-31)48-38-19-9-12-22-44(38)52-45(48)30-35/h1-30H. The van der Waals surface area contributed by atoms with Crippen LogP contribution in [0.15, 0.2) is 196 Å². The van der Waals surface area contributed by atoms with E-state index in [1.807, 2.05) is 12.1 Å².